The number of hydrogen-bond acceptors (Lipinski definition) is 1. The van der Waals surface area contributed by atoms with E-state index < -0.39 is 0 Å². The Balaban J connectivity index is 2.93. The summed E-state index contributed by atoms with van der Waals surface area (Å²) in [5.41, 5.74) is 1.51. The number of aldehydes is 1. The van der Waals surface area contributed by atoms with Crippen LogP contribution in [0.1, 0.15) is 10.4 Å². The van der Waals surface area contributed by atoms with Crippen LogP contribution in [0.2, 0.25) is 5.02 Å². The minimum atomic E-state index is 0.610. The first-order chi connectivity index (χ1) is 6.24. The van der Waals surface area contributed by atoms with Gasteiger partial charge in [-0.2, -0.15) is 0 Å². The van der Waals surface area contributed by atoms with Gasteiger partial charge in [-0.15, -0.1) is 0 Å². The second-order valence-corrected chi connectivity index (χ2v) is 4.19. The molecule has 4 heteroatoms. The molecule has 0 atom stereocenters. The standard InChI is InChI=1S/C9H5ClINO/c10-9-6(11)1-2-7-8(9)5(4-13)3-12-7/h1-4,12H. The summed E-state index contributed by atoms with van der Waals surface area (Å²) in [6.07, 6.45) is 2.47. The summed E-state index contributed by atoms with van der Waals surface area (Å²) < 4.78 is 0.953. The van der Waals surface area contributed by atoms with E-state index in [0.717, 1.165) is 20.8 Å². The van der Waals surface area contributed by atoms with E-state index in [1.807, 2.05) is 12.1 Å². The van der Waals surface area contributed by atoms with Gasteiger partial charge in [0, 0.05) is 26.2 Å². The lowest BCUT2D eigenvalue weighted by Crippen LogP contribution is -1.79. The largest absolute Gasteiger partial charge is 0.360 e. The Morgan fingerprint density at radius 1 is 1.46 bits per heavy atom. The third-order valence-electron chi connectivity index (χ3n) is 1.89. The Morgan fingerprint density at radius 2 is 2.23 bits per heavy atom. The first kappa shape index (κ1) is 9.02. The molecule has 0 saturated carbocycles. The van der Waals surface area contributed by atoms with E-state index in [1.165, 1.54) is 0 Å². The minimum absolute atomic E-state index is 0.610. The Bertz CT molecular complexity index is 478. The first-order valence-corrected chi connectivity index (χ1v) is 5.10. The van der Waals surface area contributed by atoms with Crippen LogP contribution in [0.25, 0.3) is 10.9 Å². The van der Waals surface area contributed by atoms with Crippen LogP contribution in [0.4, 0.5) is 0 Å². The van der Waals surface area contributed by atoms with Crippen LogP contribution >= 0.6 is 34.2 Å². The Labute approximate surface area is 93.4 Å². The molecule has 0 amide bonds. The molecule has 0 spiro atoms. The molecule has 1 heterocycles. The fourth-order valence-electron chi connectivity index (χ4n) is 1.27. The number of nitrogens with one attached hydrogen (secondary N) is 1. The predicted molar refractivity (Wildman–Crippen MR) is 61.4 cm³/mol. The number of aromatic amines is 1. The van der Waals surface area contributed by atoms with Gasteiger partial charge in [0.1, 0.15) is 0 Å². The molecular formula is C9H5ClINO. The quantitative estimate of drug-likeness (QED) is 0.637. The zero-order valence-corrected chi connectivity index (χ0v) is 9.39. The summed E-state index contributed by atoms with van der Waals surface area (Å²) >= 11 is 8.21. The number of carbonyl (C=O) groups excluding carboxylic acids is 1. The van der Waals surface area contributed by atoms with Crippen molar-refractivity contribution in [3.63, 3.8) is 0 Å². The number of benzene rings is 1. The number of aromatic nitrogens is 1. The molecule has 1 N–H and O–H groups in total. The fourth-order valence-corrected chi connectivity index (χ4v) is 2.00. The van der Waals surface area contributed by atoms with Gasteiger partial charge in [-0.05, 0) is 34.7 Å². The number of carbonyl (C=O) groups is 1. The summed E-state index contributed by atoms with van der Waals surface area (Å²) in [7, 11) is 0. The van der Waals surface area contributed by atoms with Crippen molar-refractivity contribution in [3.05, 3.63) is 32.5 Å². The maximum atomic E-state index is 10.7. The van der Waals surface area contributed by atoms with Crippen molar-refractivity contribution in [3.8, 4) is 0 Å². The van der Waals surface area contributed by atoms with Crippen LogP contribution in [0.5, 0.6) is 0 Å². The smallest absolute Gasteiger partial charge is 0.152 e. The van der Waals surface area contributed by atoms with E-state index in [0.29, 0.717) is 10.6 Å². The summed E-state index contributed by atoms with van der Waals surface area (Å²) in [6.45, 7) is 0. The first-order valence-electron chi connectivity index (χ1n) is 3.64. The zero-order valence-electron chi connectivity index (χ0n) is 6.47. The molecule has 0 unspecified atom stereocenters. The number of rotatable bonds is 1. The Hall–Kier alpha value is -0.550. The van der Waals surface area contributed by atoms with Crippen molar-refractivity contribution in [1.29, 1.82) is 0 Å². The lowest BCUT2D eigenvalue weighted by atomic mass is 10.2. The average molecular weight is 306 g/mol. The predicted octanol–water partition coefficient (Wildman–Crippen LogP) is 3.24. The maximum Gasteiger partial charge on any atom is 0.152 e. The summed E-state index contributed by atoms with van der Waals surface area (Å²) in [5.74, 6) is 0. The summed E-state index contributed by atoms with van der Waals surface area (Å²) in [6, 6.07) is 3.83. The van der Waals surface area contributed by atoms with Crippen molar-refractivity contribution >= 4 is 51.4 Å². The van der Waals surface area contributed by atoms with Gasteiger partial charge in [-0.25, -0.2) is 0 Å². The van der Waals surface area contributed by atoms with Crippen LogP contribution in [-0.2, 0) is 0 Å². The summed E-state index contributed by atoms with van der Waals surface area (Å²) in [5, 5.41) is 1.45. The molecule has 13 heavy (non-hydrogen) atoms. The minimum Gasteiger partial charge on any atom is -0.360 e. The highest BCUT2D eigenvalue weighted by Crippen LogP contribution is 2.29. The molecule has 0 radical (unpaired) electrons. The highest BCUT2D eigenvalue weighted by molar-refractivity contribution is 14.1. The lowest BCUT2D eigenvalue weighted by Gasteiger charge is -1.97. The molecule has 0 aliphatic heterocycles. The molecule has 2 rings (SSSR count). The normalized spacial score (nSPS) is 10.6. The second-order valence-electron chi connectivity index (χ2n) is 2.65. The van der Waals surface area contributed by atoms with Crippen molar-refractivity contribution in [2.45, 2.75) is 0 Å². The molecule has 0 fully saturated rings. The van der Waals surface area contributed by atoms with E-state index in [4.69, 9.17) is 11.6 Å². The van der Waals surface area contributed by atoms with Gasteiger partial charge in [-0.3, -0.25) is 4.79 Å². The maximum absolute atomic E-state index is 10.7. The van der Waals surface area contributed by atoms with E-state index in [1.54, 1.807) is 6.20 Å². The molecule has 2 nitrogen and oxygen atoms in total. The molecule has 0 bridgehead atoms. The molecular weight excluding hydrogens is 300 g/mol. The van der Waals surface area contributed by atoms with Gasteiger partial charge in [0.25, 0.3) is 0 Å². The van der Waals surface area contributed by atoms with Crippen LogP contribution in [0, 0.1) is 3.57 Å². The number of H-pyrrole nitrogens is 1. The van der Waals surface area contributed by atoms with Crippen LogP contribution in [0.3, 0.4) is 0 Å². The lowest BCUT2D eigenvalue weighted by molar-refractivity contribution is 0.112. The Morgan fingerprint density at radius 3 is 2.92 bits per heavy atom. The molecule has 0 saturated heterocycles. The van der Waals surface area contributed by atoms with Gasteiger partial charge in [0.05, 0.1) is 5.02 Å². The van der Waals surface area contributed by atoms with Crippen molar-refractivity contribution in [2.75, 3.05) is 0 Å². The molecule has 0 aliphatic carbocycles. The highest BCUT2D eigenvalue weighted by Gasteiger charge is 2.08. The van der Waals surface area contributed by atoms with E-state index in [-0.39, 0.29) is 0 Å². The van der Waals surface area contributed by atoms with Crippen molar-refractivity contribution < 1.29 is 4.79 Å². The van der Waals surface area contributed by atoms with Gasteiger partial charge in [0.2, 0.25) is 0 Å². The topological polar surface area (TPSA) is 32.9 Å². The van der Waals surface area contributed by atoms with Gasteiger partial charge in [0.15, 0.2) is 6.29 Å². The highest BCUT2D eigenvalue weighted by atomic mass is 127. The van der Waals surface area contributed by atoms with E-state index in [2.05, 4.69) is 27.6 Å². The molecule has 66 valence electrons. The third-order valence-corrected chi connectivity index (χ3v) is 3.50. The van der Waals surface area contributed by atoms with Crippen LogP contribution < -0.4 is 0 Å². The third kappa shape index (κ3) is 1.36. The van der Waals surface area contributed by atoms with Crippen LogP contribution in [-0.4, -0.2) is 11.3 Å². The van der Waals surface area contributed by atoms with E-state index in [9.17, 15) is 4.79 Å². The molecule has 1 aromatic carbocycles. The SMILES string of the molecule is O=Cc1c[nH]c2ccc(I)c(Cl)c12. The van der Waals surface area contributed by atoms with Gasteiger partial charge in [-0.1, -0.05) is 11.6 Å². The monoisotopic (exact) mass is 305 g/mol. The zero-order chi connectivity index (χ0) is 9.42. The van der Waals surface area contributed by atoms with Gasteiger partial charge < -0.3 is 4.98 Å². The van der Waals surface area contributed by atoms with Crippen LogP contribution in [0.15, 0.2) is 18.3 Å². The molecule has 1 aromatic heterocycles. The number of hydrogen-bond donors (Lipinski definition) is 1. The Kier molecular flexibility index (Phi) is 2.29. The summed E-state index contributed by atoms with van der Waals surface area (Å²) in [4.78, 5) is 13.7. The molecule has 0 aliphatic rings. The van der Waals surface area contributed by atoms with Gasteiger partial charge >= 0.3 is 0 Å². The van der Waals surface area contributed by atoms with Crippen molar-refractivity contribution in [1.82, 2.24) is 4.98 Å². The average Bonchev–Trinajstić information content (AvgIpc) is 2.55. The fraction of sp³-hybridized carbons (Fsp3) is 0. The molecule has 2 aromatic rings. The van der Waals surface area contributed by atoms with Crippen molar-refractivity contribution in [2.24, 2.45) is 0 Å². The number of fused-ring (bicyclic) bond motifs is 1. The van der Waals surface area contributed by atoms with E-state index >= 15 is 0 Å². The second kappa shape index (κ2) is 3.31. The number of halogens is 2.